The molecule has 1 N–H and O–H groups in total. The first-order valence-corrected chi connectivity index (χ1v) is 12.2. The molecule has 0 aliphatic carbocycles. The smallest absolute Gasteiger partial charge is 0.272 e. The second kappa shape index (κ2) is 11.4. The van der Waals surface area contributed by atoms with Crippen molar-refractivity contribution < 1.29 is 14.3 Å². The third-order valence-corrected chi connectivity index (χ3v) is 7.02. The van der Waals surface area contributed by atoms with Crippen LogP contribution in [0, 0.1) is 0 Å². The van der Waals surface area contributed by atoms with Crippen molar-refractivity contribution in [3.05, 3.63) is 17.0 Å². The van der Waals surface area contributed by atoms with Crippen LogP contribution in [0.3, 0.4) is 0 Å². The second-order valence-electron chi connectivity index (χ2n) is 9.07. The van der Waals surface area contributed by atoms with Gasteiger partial charge >= 0.3 is 0 Å². The Kier molecular flexibility index (Phi) is 8.35. The summed E-state index contributed by atoms with van der Waals surface area (Å²) in [4.78, 5) is 18.1. The van der Waals surface area contributed by atoms with Crippen LogP contribution in [0.4, 0.5) is 0 Å². The lowest BCUT2D eigenvalue weighted by Crippen LogP contribution is -2.47. The molecule has 0 aromatic carbocycles. The van der Waals surface area contributed by atoms with Gasteiger partial charge in [0.2, 0.25) is 0 Å². The van der Waals surface area contributed by atoms with E-state index in [0.29, 0.717) is 38.6 Å². The standard InChI is InChI=1S/C23H39N5O3/c1-30-17-15-28-21-8-16-31-18-20(21)22(25-28)23(29)24-9-5-10-26-13-6-19(7-14-26)27-11-3-2-4-12-27/h19H,2-18H2,1H3,(H,24,29). The van der Waals surface area contributed by atoms with Crippen molar-refractivity contribution in [1.29, 1.82) is 0 Å². The number of nitrogens with one attached hydrogen (secondary N) is 1. The first-order chi connectivity index (χ1) is 15.3. The number of aromatic nitrogens is 2. The molecule has 0 unspecified atom stereocenters. The largest absolute Gasteiger partial charge is 0.383 e. The van der Waals surface area contributed by atoms with Crippen LogP contribution in [0.15, 0.2) is 0 Å². The molecule has 8 nitrogen and oxygen atoms in total. The number of piperidine rings is 2. The van der Waals surface area contributed by atoms with Crippen molar-refractivity contribution >= 4 is 5.91 Å². The predicted octanol–water partition coefficient (Wildman–Crippen LogP) is 1.67. The number of ether oxygens (including phenoxy) is 2. The Morgan fingerprint density at radius 1 is 1.16 bits per heavy atom. The third kappa shape index (κ3) is 5.86. The quantitative estimate of drug-likeness (QED) is 0.598. The maximum absolute atomic E-state index is 12.8. The van der Waals surface area contributed by atoms with Gasteiger partial charge < -0.3 is 24.6 Å². The average Bonchev–Trinajstić information content (AvgIpc) is 3.20. The van der Waals surface area contributed by atoms with Crippen LogP contribution in [0.1, 0.15) is 60.3 Å². The molecule has 3 aliphatic heterocycles. The first-order valence-electron chi connectivity index (χ1n) is 12.2. The minimum absolute atomic E-state index is 0.0817. The third-order valence-electron chi connectivity index (χ3n) is 7.02. The summed E-state index contributed by atoms with van der Waals surface area (Å²) in [6.45, 7) is 9.11. The fourth-order valence-corrected chi connectivity index (χ4v) is 5.23. The number of nitrogens with zero attached hydrogens (tertiary/aromatic N) is 4. The summed E-state index contributed by atoms with van der Waals surface area (Å²) < 4.78 is 12.7. The van der Waals surface area contributed by atoms with Gasteiger partial charge in [0, 0.05) is 37.4 Å². The van der Waals surface area contributed by atoms with E-state index in [1.54, 1.807) is 7.11 Å². The van der Waals surface area contributed by atoms with Gasteiger partial charge in [-0.15, -0.1) is 0 Å². The Bertz CT molecular complexity index is 708. The van der Waals surface area contributed by atoms with Crippen LogP contribution in [0.2, 0.25) is 0 Å². The van der Waals surface area contributed by atoms with E-state index in [9.17, 15) is 4.79 Å². The van der Waals surface area contributed by atoms with E-state index in [1.807, 2.05) is 4.68 Å². The van der Waals surface area contributed by atoms with E-state index in [-0.39, 0.29) is 5.91 Å². The molecule has 2 fully saturated rings. The van der Waals surface area contributed by atoms with Crippen LogP contribution in [-0.4, -0.2) is 91.1 Å². The number of methoxy groups -OCH3 is 1. The predicted molar refractivity (Wildman–Crippen MR) is 119 cm³/mol. The summed E-state index contributed by atoms with van der Waals surface area (Å²) in [5.41, 5.74) is 2.58. The van der Waals surface area contributed by atoms with Crippen molar-refractivity contribution in [2.45, 2.75) is 64.1 Å². The highest BCUT2D eigenvalue weighted by molar-refractivity contribution is 5.94. The molecular weight excluding hydrogens is 394 g/mol. The van der Waals surface area contributed by atoms with Gasteiger partial charge in [0.25, 0.3) is 5.91 Å². The Labute approximate surface area is 186 Å². The number of amides is 1. The SMILES string of the molecule is COCCn1nc(C(=O)NCCCN2CCC(N3CCCCC3)CC2)c2c1CCOC2. The van der Waals surface area contributed by atoms with Crippen molar-refractivity contribution in [2.24, 2.45) is 0 Å². The van der Waals surface area contributed by atoms with Crippen molar-refractivity contribution in [1.82, 2.24) is 24.9 Å². The summed E-state index contributed by atoms with van der Waals surface area (Å²) >= 11 is 0. The zero-order chi connectivity index (χ0) is 21.5. The van der Waals surface area contributed by atoms with Gasteiger partial charge in [0.15, 0.2) is 5.69 Å². The molecule has 0 bridgehead atoms. The molecule has 0 spiro atoms. The van der Waals surface area contributed by atoms with Gasteiger partial charge in [-0.2, -0.15) is 5.10 Å². The molecule has 0 atom stereocenters. The molecule has 3 aliphatic rings. The van der Waals surface area contributed by atoms with Crippen LogP contribution in [0.25, 0.3) is 0 Å². The Morgan fingerprint density at radius 3 is 2.74 bits per heavy atom. The fraction of sp³-hybridized carbons (Fsp3) is 0.826. The highest BCUT2D eigenvalue weighted by atomic mass is 16.5. The number of fused-ring (bicyclic) bond motifs is 1. The van der Waals surface area contributed by atoms with Crippen molar-refractivity contribution in [3.8, 4) is 0 Å². The van der Waals surface area contributed by atoms with E-state index in [4.69, 9.17) is 9.47 Å². The number of carbonyl (C=O) groups excluding carboxylic acids is 1. The van der Waals surface area contributed by atoms with E-state index >= 15 is 0 Å². The van der Waals surface area contributed by atoms with Gasteiger partial charge in [0.05, 0.1) is 26.4 Å². The van der Waals surface area contributed by atoms with Crippen molar-refractivity contribution in [2.75, 3.05) is 59.6 Å². The van der Waals surface area contributed by atoms with Crippen LogP contribution in [-0.2, 0) is 29.0 Å². The zero-order valence-electron chi connectivity index (χ0n) is 19.1. The average molecular weight is 434 g/mol. The van der Waals surface area contributed by atoms with E-state index in [1.165, 1.54) is 58.3 Å². The molecule has 1 amide bonds. The summed E-state index contributed by atoms with van der Waals surface area (Å²) in [6.07, 6.45) is 8.51. The number of rotatable bonds is 9. The summed E-state index contributed by atoms with van der Waals surface area (Å²) in [5.74, 6) is -0.0817. The fourth-order valence-electron chi connectivity index (χ4n) is 5.23. The molecule has 31 heavy (non-hydrogen) atoms. The highest BCUT2D eigenvalue weighted by Gasteiger charge is 2.26. The lowest BCUT2D eigenvalue weighted by molar-refractivity contribution is 0.0893. The van der Waals surface area contributed by atoms with E-state index in [0.717, 1.165) is 36.7 Å². The second-order valence-corrected chi connectivity index (χ2v) is 9.07. The summed E-state index contributed by atoms with van der Waals surface area (Å²) in [5, 5.41) is 7.66. The molecule has 0 saturated carbocycles. The minimum atomic E-state index is -0.0817. The molecule has 1 aromatic heterocycles. The number of likely N-dealkylation sites (tertiary alicyclic amines) is 2. The van der Waals surface area contributed by atoms with Crippen LogP contribution < -0.4 is 5.32 Å². The van der Waals surface area contributed by atoms with Gasteiger partial charge in [-0.25, -0.2) is 0 Å². The number of hydrogen-bond donors (Lipinski definition) is 1. The molecule has 2 saturated heterocycles. The molecule has 4 heterocycles. The van der Waals surface area contributed by atoms with Crippen LogP contribution in [0.5, 0.6) is 0 Å². The molecule has 174 valence electrons. The Morgan fingerprint density at radius 2 is 1.97 bits per heavy atom. The maximum atomic E-state index is 12.8. The maximum Gasteiger partial charge on any atom is 0.272 e. The van der Waals surface area contributed by atoms with Gasteiger partial charge in [-0.3, -0.25) is 9.48 Å². The van der Waals surface area contributed by atoms with Gasteiger partial charge in [-0.1, -0.05) is 6.42 Å². The summed E-state index contributed by atoms with van der Waals surface area (Å²) in [6, 6.07) is 0.790. The topological polar surface area (TPSA) is 71.9 Å². The first kappa shape index (κ1) is 22.7. The van der Waals surface area contributed by atoms with E-state index < -0.39 is 0 Å². The lowest BCUT2D eigenvalue weighted by Gasteiger charge is -2.40. The van der Waals surface area contributed by atoms with Crippen molar-refractivity contribution in [3.63, 3.8) is 0 Å². The monoisotopic (exact) mass is 433 g/mol. The minimum Gasteiger partial charge on any atom is -0.383 e. The Hall–Kier alpha value is -1.48. The molecule has 4 rings (SSSR count). The normalized spacial score (nSPS) is 21.2. The number of carbonyl (C=O) groups is 1. The number of hydrogen-bond acceptors (Lipinski definition) is 6. The zero-order valence-corrected chi connectivity index (χ0v) is 19.1. The van der Waals surface area contributed by atoms with Crippen LogP contribution >= 0.6 is 0 Å². The highest BCUT2D eigenvalue weighted by Crippen LogP contribution is 2.22. The summed E-state index contributed by atoms with van der Waals surface area (Å²) in [7, 11) is 1.68. The molecule has 1 aromatic rings. The van der Waals surface area contributed by atoms with E-state index in [2.05, 4.69) is 20.2 Å². The van der Waals surface area contributed by atoms with Gasteiger partial charge in [-0.05, 0) is 64.8 Å². The Balaban J connectivity index is 1.19. The van der Waals surface area contributed by atoms with Gasteiger partial charge in [0.1, 0.15) is 0 Å². The lowest BCUT2D eigenvalue weighted by atomic mass is 10.00. The molecule has 0 radical (unpaired) electrons. The molecular formula is C23H39N5O3. The molecule has 8 heteroatoms.